The lowest BCUT2D eigenvalue weighted by Gasteiger charge is -2.37. The molecular weight excluding hydrogens is 222 g/mol. The molecule has 0 heterocycles. The van der Waals surface area contributed by atoms with Crippen LogP contribution in [0.15, 0.2) is 0 Å². The molecule has 0 aromatic rings. The molecule has 92 valence electrons. The van der Waals surface area contributed by atoms with E-state index in [9.17, 15) is 8.42 Å². The second-order valence-electron chi connectivity index (χ2n) is 2.94. The first-order chi connectivity index (χ1) is 6.87. The molecule has 0 aliphatic heterocycles. The smallest absolute Gasteiger partial charge is 0.340 e. The van der Waals surface area contributed by atoms with Crippen LogP contribution in [0.5, 0.6) is 0 Å². The van der Waals surface area contributed by atoms with Gasteiger partial charge in [-0.2, -0.15) is 12.6 Å². The fraction of sp³-hybridized carbons (Fsp3) is 1.00. The van der Waals surface area contributed by atoms with Crippen molar-refractivity contribution in [2.75, 3.05) is 27.8 Å². The van der Waals surface area contributed by atoms with Crippen molar-refractivity contribution in [1.29, 1.82) is 0 Å². The van der Waals surface area contributed by atoms with Crippen molar-refractivity contribution in [2.24, 2.45) is 0 Å². The number of methoxy groups -OCH3 is 1. The first-order valence-electron chi connectivity index (χ1n) is 4.65. The van der Waals surface area contributed by atoms with E-state index in [2.05, 4.69) is 4.18 Å². The molecule has 0 rings (SSSR count). The minimum atomic E-state index is -4.02. The van der Waals surface area contributed by atoms with Crippen LogP contribution < -0.4 is 0 Å². The van der Waals surface area contributed by atoms with Gasteiger partial charge in [0.2, 0.25) is 5.91 Å². The number of hydrogen-bond donors (Lipinski definition) is 0. The molecule has 0 aromatic carbocycles. The molecule has 0 saturated carbocycles. The third-order valence-electron chi connectivity index (χ3n) is 2.26. The van der Waals surface area contributed by atoms with Crippen LogP contribution in [0.2, 0.25) is 0 Å². The molecule has 0 aliphatic carbocycles. The second kappa shape index (κ2) is 5.76. The molecular formula is C8H19NO5S. The van der Waals surface area contributed by atoms with Crippen molar-refractivity contribution >= 4 is 10.4 Å². The molecule has 0 saturated heterocycles. The van der Waals surface area contributed by atoms with Crippen molar-refractivity contribution in [3.8, 4) is 0 Å². The number of nitrogens with zero attached hydrogens (tertiary/aromatic N) is 1. The molecule has 7 heteroatoms. The highest BCUT2D eigenvalue weighted by Crippen LogP contribution is 2.23. The predicted octanol–water partition coefficient (Wildman–Crippen LogP) is 0.556. The number of ether oxygens (including phenoxy) is 1. The molecule has 0 aliphatic rings. The third kappa shape index (κ3) is 3.69. The van der Waals surface area contributed by atoms with E-state index >= 15 is 0 Å². The maximum atomic E-state index is 11.2. The van der Waals surface area contributed by atoms with Gasteiger partial charge in [-0.15, -0.1) is 0 Å². The molecule has 6 nitrogen and oxygen atoms in total. The summed E-state index contributed by atoms with van der Waals surface area (Å²) in [5.74, 6) is -1.30. The average molecular weight is 241 g/mol. The molecule has 0 N–H and O–H groups in total. The Morgan fingerprint density at radius 2 is 1.80 bits per heavy atom. The second-order valence-corrected chi connectivity index (χ2v) is 4.26. The molecule has 0 radical (unpaired) electrons. The quantitative estimate of drug-likeness (QED) is 0.607. The van der Waals surface area contributed by atoms with E-state index in [1.54, 1.807) is 18.9 Å². The SMILES string of the molecule is CCN(C)C(CC)(OC)OS(=O)(=O)OC. The summed E-state index contributed by atoms with van der Waals surface area (Å²) in [7, 11) is 0.112. The van der Waals surface area contributed by atoms with E-state index in [0.717, 1.165) is 7.11 Å². The van der Waals surface area contributed by atoms with E-state index in [1.807, 2.05) is 6.92 Å². The van der Waals surface area contributed by atoms with E-state index in [0.29, 0.717) is 13.0 Å². The fourth-order valence-electron chi connectivity index (χ4n) is 1.16. The average Bonchev–Trinajstić information content (AvgIpc) is 2.25. The summed E-state index contributed by atoms with van der Waals surface area (Å²) in [6, 6.07) is 0. The normalized spacial score (nSPS) is 16.7. The summed E-state index contributed by atoms with van der Waals surface area (Å²) in [4.78, 5) is 1.64. The molecule has 1 atom stereocenters. The van der Waals surface area contributed by atoms with Crippen LogP contribution in [0.1, 0.15) is 20.3 Å². The van der Waals surface area contributed by atoms with Gasteiger partial charge in [0, 0.05) is 13.5 Å². The highest BCUT2D eigenvalue weighted by atomic mass is 32.3. The van der Waals surface area contributed by atoms with Crippen LogP contribution in [0.25, 0.3) is 0 Å². The van der Waals surface area contributed by atoms with Crippen molar-refractivity contribution in [3.05, 3.63) is 0 Å². The monoisotopic (exact) mass is 241 g/mol. The fourth-order valence-corrected chi connectivity index (χ4v) is 1.86. The van der Waals surface area contributed by atoms with Crippen molar-refractivity contribution in [3.63, 3.8) is 0 Å². The van der Waals surface area contributed by atoms with Crippen LogP contribution in [0.3, 0.4) is 0 Å². The highest BCUT2D eigenvalue weighted by molar-refractivity contribution is 7.81. The maximum absolute atomic E-state index is 11.2. The Bertz CT molecular complexity index is 273. The minimum Gasteiger partial charge on any atom is -0.340 e. The Hall–Kier alpha value is -0.210. The van der Waals surface area contributed by atoms with E-state index in [1.165, 1.54) is 7.11 Å². The molecule has 0 spiro atoms. The van der Waals surface area contributed by atoms with Gasteiger partial charge in [0.05, 0.1) is 7.11 Å². The lowest BCUT2D eigenvalue weighted by Crippen LogP contribution is -2.51. The summed E-state index contributed by atoms with van der Waals surface area (Å²) in [5, 5.41) is 0. The Labute approximate surface area is 91.4 Å². The van der Waals surface area contributed by atoms with Gasteiger partial charge >= 0.3 is 10.4 Å². The lowest BCUT2D eigenvalue weighted by atomic mass is 10.3. The van der Waals surface area contributed by atoms with E-state index < -0.39 is 16.3 Å². The van der Waals surface area contributed by atoms with E-state index in [4.69, 9.17) is 8.92 Å². The van der Waals surface area contributed by atoms with Crippen molar-refractivity contribution < 1.29 is 21.5 Å². The Balaban J connectivity index is 4.96. The first kappa shape index (κ1) is 14.8. The summed E-state index contributed by atoms with van der Waals surface area (Å²) < 4.78 is 36.6. The van der Waals surface area contributed by atoms with Gasteiger partial charge in [0.1, 0.15) is 0 Å². The zero-order valence-corrected chi connectivity index (χ0v) is 10.6. The van der Waals surface area contributed by atoms with Gasteiger partial charge in [0.25, 0.3) is 0 Å². The van der Waals surface area contributed by atoms with Gasteiger partial charge in [-0.25, -0.2) is 0 Å². The zero-order valence-electron chi connectivity index (χ0n) is 9.81. The van der Waals surface area contributed by atoms with Crippen LogP contribution >= 0.6 is 0 Å². The summed E-state index contributed by atoms with van der Waals surface area (Å²) in [6.07, 6.45) is 0.358. The van der Waals surface area contributed by atoms with Gasteiger partial charge in [-0.05, 0) is 13.6 Å². The maximum Gasteiger partial charge on any atom is 0.403 e. The van der Waals surface area contributed by atoms with Gasteiger partial charge in [0.15, 0.2) is 0 Å². The van der Waals surface area contributed by atoms with Crippen LogP contribution in [0, 0.1) is 0 Å². The summed E-state index contributed by atoms with van der Waals surface area (Å²) >= 11 is 0. The third-order valence-corrected chi connectivity index (χ3v) is 3.13. The highest BCUT2D eigenvalue weighted by Gasteiger charge is 2.38. The predicted molar refractivity (Wildman–Crippen MR) is 55.3 cm³/mol. The van der Waals surface area contributed by atoms with Gasteiger partial charge in [-0.1, -0.05) is 13.8 Å². The van der Waals surface area contributed by atoms with Gasteiger partial charge < -0.3 is 4.74 Å². The largest absolute Gasteiger partial charge is 0.403 e. The van der Waals surface area contributed by atoms with E-state index in [-0.39, 0.29) is 0 Å². The topological polar surface area (TPSA) is 65.1 Å². The Morgan fingerprint density at radius 1 is 1.27 bits per heavy atom. The molecule has 1 unspecified atom stereocenters. The van der Waals surface area contributed by atoms with Gasteiger partial charge in [-0.3, -0.25) is 9.08 Å². The van der Waals surface area contributed by atoms with Crippen molar-refractivity contribution in [2.45, 2.75) is 26.2 Å². The van der Waals surface area contributed by atoms with Crippen molar-refractivity contribution in [1.82, 2.24) is 4.90 Å². The molecule has 0 bridgehead atoms. The number of hydrogen-bond acceptors (Lipinski definition) is 6. The van der Waals surface area contributed by atoms with Crippen LogP contribution in [-0.4, -0.2) is 47.0 Å². The standard InChI is InChI=1S/C8H19NO5S/c1-6-8(12-4,9(3)7-2)14-15(10,11)13-5/h6-7H2,1-5H3. The lowest BCUT2D eigenvalue weighted by molar-refractivity contribution is -0.255. The zero-order chi connectivity index (χ0) is 12.1. The van der Waals surface area contributed by atoms with Crippen LogP contribution in [0.4, 0.5) is 0 Å². The van der Waals surface area contributed by atoms with Crippen LogP contribution in [-0.2, 0) is 23.5 Å². The summed E-state index contributed by atoms with van der Waals surface area (Å²) in [5.41, 5.74) is 0. The Kier molecular flexibility index (Phi) is 5.68. The number of rotatable bonds is 7. The molecule has 0 aromatic heterocycles. The Morgan fingerprint density at radius 3 is 2.07 bits per heavy atom. The molecule has 0 fully saturated rings. The molecule has 0 amide bonds. The minimum absolute atomic E-state index is 0.358. The molecule has 15 heavy (non-hydrogen) atoms. The first-order valence-corrected chi connectivity index (χ1v) is 5.98. The summed E-state index contributed by atoms with van der Waals surface area (Å²) in [6.45, 7) is 4.22.